The Morgan fingerprint density at radius 2 is 1.43 bits per heavy atom. The van der Waals surface area contributed by atoms with Gasteiger partial charge in [0.15, 0.2) is 0 Å². The SMILES string of the molecule is Brc1cccc2c1c1ccccc1n2Cc1ccccc1. The fourth-order valence-corrected chi connectivity index (χ4v) is 3.56. The maximum Gasteiger partial charge on any atom is 0.0506 e. The molecule has 0 bridgehead atoms. The van der Waals surface area contributed by atoms with E-state index in [2.05, 4.69) is 93.3 Å². The van der Waals surface area contributed by atoms with E-state index in [0.717, 1.165) is 11.0 Å². The van der Waals surface area contributed by atoms with Crippen molar-refractivity contribution in [3.63, 3.8) is 0 Å². The van der Waals surface area contributed by atoms with E-state index in [0.29, 0.717) is 0 Å². The minimum atomic E-state index is 0.890. The van der Waals surface area contributed by atoms with Crippen LogP contribution in [-0.4, -0.2) is 4.57 Å². The third-order valence-electron chi connectivity index (χ3n) is 3.93. The van der Waals surface area contributed by atoms with E-state index in [4.69, 9.17) is 0 Å². The van der Waals surface area contributed by atoms with Gasteiger partial charge in [0.2, 0.25) is 0 Å². The number of fused-ring (bicyclic) bond motifs is 3. The van der Waals surface area contributed by atoms with E-state index in [1.54, 1.807) is 0 Å². The fourth-order valence-electron chi connectivity index (χ4n) is 2.99. The summed E-state index contributed by atoms with van der Waals surface area (Å²) in [5, 5.41) is 2.60. The largest absolute Gasteiger partial charge is 0.336 e. The quantitative estimate of drug-likeness (QED) is 0.449. The number of aromatic nitrogens is 1. The van der Waals surface area contributed by atoms with Gasteiger partial charge >= 0.3 is 0 Å². The molecule has 4 rings (SSSR count). The fraction of sp³-hybridized carbons (Fsp3) is 0.0526. The van der Waals surface area contributed by atoms with Crippen molar-refractivity contribution < 1.29 is 0 Å². The number of nitrogens with zero attached hydrogens (tertiary/aromatic N) is 1. The van der Waals surface area contributed by atoms with Gasteiger partial charge in [-0.15, -0.1) is 0 Å². The van der Waals surface area contributed by atoms with Crippen molar-refractivity contribution in [1.82, 2.24) is 4.57 Å². The summed E-state index contributed by atoms with van der Waals surface area (Å²) >= 11 is 3.70. The lowest BCUT2D eigenvalue weighted by Crippen LogP contribution is -1.98. The number of para-hydroxylation sites is 1. The summed E-state index contributed by atoms with van der Waals surface area (Å²) in [6.07, 6.45) is 0. The summed E-state index contributed by atoms with van der Waals surface area (Å²) in [4.78, 5) is 0. The predicted molar refractivity (Wildman–Crippen MR) is 92.7 cm³/mol. The van der Waals surface area contributed by atoms with Gasteiger partial charge in [0.25, 0.3) is 0 Å². The Hall–Kier alpha value is -2.06. The van der Waals surface area contributed by atoms with E-state index in [9.17, 15) is 0 Å². The topological polar surface area (TPSA) is 4.93 Å². The molecule has 0 unspecified atom stereocenters. The highest BCUT2D eigenvalue weighted by Crippen LogP contribution is 2.34. The molecule has 0 N–H and O–H groups in total. The number of halogens is 1. The standard InChI is InChI=1S/C19H14BrN/c20-16-10-6-12-18-19(16)15-9-4-5-11-17(15)21(18)13-14-7-2-1-3-8-14/h1-12H,13H2. The molecule has 0 fully saturated rings. The van der Waals surface area contributed by atoms with Crippen molar-refractivity contribution in [2.24, 2.45) is 0 Å². The second kappa shape index (κ2) is 5.05. The van der Waals surface area contributed by atoms with Crippen LogP contribution in [0.1, 0.15) is 5.56 Å². The average molecular weight is 336 g/mol. The zero-order valence-electron chi connectivity index (χ0n) is 11.5. The van der Waals surface area contributed by atoms with Gasteiger partial charge in [-0.25, -0.2) is 0 Å². The molecule has 0 aliphatic rings. The van der Waals surface area contributed by atoms with Crippen molar-refractivity contribution in [3.8, 4) is 0 Å². The number of hydrogen-bond donors (Lipinski definition) is 0. The van der Waals surface area contributed by atoms with Gasteiger partial charge in [0, 0.05) is 27.3 Å². The van der Waals surface area contributed by atoms with Crippen molar-refractivity contribution in [2.45, 2.75) is 6.54 Å². The molecule has 1 heterocycles. The molecule has 1 aromatic heterocycles. The summed E-state index contributed by atoms with van der Waals surface area (Å²) in [6.45, 7) is 0.890. The molecule has 0 radical (unpaired) electrons. The molecular weight excluding hydrogens is 322 g/mol. The van der Waals surface area contributed by atoms with Crippen LogP contribution in [0.5, 0.6) is 0 Å². The Labute approximate surface area is 132 Å². The van der Waals surface area contributed by atoms with Crippen molar-refractivity contribution in [2.75, 3.05) is 0 Å². The van der Waals surface area contributed by atoms with Crippen LogP contribution in [0.3, 0.4) is 0 Å². The zero-order valence-corrected chi connectivity index (χ0v) is 13.0. The highest BCUT2D eigenvalue weighted by atomic mass is 79.9. The van der Waals surface area contributed by atoms with Gasteiger partial charge in [-0.05, 0) is 23.8 Å². The van der Waals surface area contributed by atoms with Gasteiger partial charge in [-0.2, -0.15) is 0 Å². The molecule has 0 atom stereocenters. The second-order valence-electron chi connectivity index (χ2n) is 5.22. The first-order chi connectivity index (χ1) is 10.3. The molecule has 102 valence electrons. The Bertz CT molecular complexity index is 922. The van der Waals surface area contributed by atoms with Gasteiger partial charge in [0.1, 0.15) is 0 Å². The van der Waals surface area contributed by atoms with Crippen LogP contribution >= 0.6 is 15.9 Å². The summed E-state index contributed by atoms with van der Waals surface area (Å²) in [6, 6.07) is 25.6. The van der Waals surface area contributed by atoms with Gasteiger partial charge in [-0.1, -0.05) is 70.5 Å². The molecule has 0 amide bonds. The maximum atomic E-state index is 3.70. The highest BCUT2D eigenvalue weighted by molar-refractivity contribution is 9.10. The maximum absolute atomic E-state index is 3.70. The summed E-state index contributed by atoms with van der Waals surface area (Å²) in [5.74, 6) is 0. The Morgan fingerprint density at radius 3 is 2.29 bits per heavy atom. The van der Waals surface area contributed by atoms with Crippen molar-refractivity contribution in [3.05, 3.63) is 82.8 Å². The van der Waals surface area contributed by atoms with Crippen molar-refractivity contribution in [1.29, 1.82) is 0 Å². The summed E-state index contributed by atoms with van der Waals surface area (Å²) in [5.41, 5.74) is 3.87. The first-order valence-corrected chi connectivity index (χ1v) is 7.83. The van der Waals surface area contributed by atoms with E-state index < -0.39 is 0 Å². The molecule has 0 aliphatic carbocycles. The smallest absolute Gasteiger partial charge is 0.0506 e. The number of benzene rings is 3. The minimum absolute atomic E-state index is 0.890. The van der Waals surface area contributed by atoms with Crippen LogP contribution < -0.4 is 0 Å². The van der Waals surface area contributed by atoms with Crippen LogP contribution in [0.25, 0.3) is 21.8 Å². The minimum Gasteiger partial charge on any atom is -0.336 e. The van der Waals surface area contributed by atoms with Gasteiger partial charge < -0.3 is 4.57 Å². The van der Waals surface area contributed by atoms with Crippen LogP contribution in [-0.2, 0) is 6.54 Å². The van der Waals surface area contributed by atoms with E-state index in [1.165, 1.54) is 27.4 Å². The zero-order chi connectivity index (χ0) is 14.2. The lowest BCUT2D eigenvalue weighted by molar-refractivity contribution is 0.869. The van der Waals surface area contributed by atoms with Crippen molar-refractivity contribution >= 4 is 37.7 Å². The molecule has 4 aromatic rings. The third kappa shape index (κ3) is 2.07. The first kappa shape index (κ1) is 12.7. The molecule has 0 aliphatic heterocycles. The first-order valence-electron chi connectivity index (χ1n) is 7.04. The van der Waals surface area contributed by atoms with Gasteiger partial charge in [-0.3, -0.25) is 0 Å². The second-order valence-corrected chi connectivity index (χ2v) is 6.08. The molecule has 3 aromatic carbocycles. The molecule has 2 heteroatoms. The monoisotopic (exact) mass is 335 g/mol. The molecular formula is C19H14BrN. The summed E-state index contributed by atoms with van der Waals surface area (Å²) < 4.78 is 3.55. The third-order valence-corrected chi connectivity index (χ3v) is 4.59. The van der Waals surface area contributed by atoms with Crippen LogP contribution in [0.4, 0.5) is 0 Å². The number of rotatable bonds is 2. The highest BCUT2D eigenvalue weighted by Gasteiger charge is 2.12. The lowest BCUT2D eigenvalue weighted by atomic mass is 10.2. The predicted octanol–water partition coefficient (Wildman–Crippen LogP) is 5.61. The van der Waals surface area contributed by atoms with E-state index in [1.807, 2.05) is 0 Å². The Kier molecular flexibility index (Phi) is 3.04. The van der Waals surface area contributed by atoms with Crippen LogP contribution in [0, 0.1) is 0 Å². The van der Waals surface area contributed by atoms with Crippen LogP contribution in [0.2, 0.25) is 0 Å². The molecule has 21 heavy (non-hydrogen) atoms. The Morgan fingerprint density at radius 1 is 0.714 bits per heavy atom. The molecule has 1 nitrogen and oxygen atoms in total. The van der Waals surface area contributed by atoms with Gasteiger partial charge in [0.05, 0.1) is 5.52 Å². The van der Waals surface area contributed by atoms with E-state index in [-0.39, 0.29) is 0 Å². The normalized spacial score (nSPS) is 11.3. The average Bonchev–Trinajstić information content (AvgIpc) is 2.84. The molecule has 0 saturated carbocycles. The van der Waals surface area contributed by atoms with E-state index >= 15 is 0 Å². The summed E-state index contributed by atoms with van der Waals surface area (Å²) in [7, 11) is 0. The number of hydrogen-bond acceptors (Lipinski definition) is 0. The Balaban J connectivity index is 2.04. The molecule has 0 saturated heterocycles. The lowest BCUT2D eigenvalue weighted by Gasteiger charge is -2.07. The molecule has 0 spiro atoms. The van der Waals surface area contributed by atoms with Crippen LogP contribution in [0.15, 0.2) is 77.3 Å².